The Balaban J connectivity index is 1.65. The highest BCUT2D eigenvalue weighted by atomic mass is 32.2. The fourth-order valence-corrected chi connectivity index (χ4v) is 3.77. The summed E-state index contributed by atoms with van der Waals surface area (Å²) in [6.07, 6.45) is 1.13. The quantitative estimate of drug-likeness (QED) is 0.810. The number of rotatable bonds is 6. The van der Waals surface area contributed by atoms with Crippen molar-refractivity contribution in [1.82, 2.24) is 4.31 Å². The molecule has 3 rings (SSSR count). The average molecular weight is 337 g/mol. The van der Waals surface area contributed by atoms with Crippen molar-refractivity contribution in [3.05, 3.63) is 59.3 Å². The lowest BCUT2D eigenvalue weighted by Crippen LogP contribution is -2.27. The zero-order chi connectivity index (χ0) is 16.6. The molecular formula is C17H20FNO3S. The third kappa shape index (κ3) is 3.82. The molecule has 0 aliphatic heterocycles. The topological polar surface area (TPSA) is 50.5 Å². The van der Waals surface area contributed by atoms with Crippen LogP contribution in [0.2, 0.25) is 0 Å². The maximum Gasteiger partial charge on any atom is 0.218 e. The minimum absolute atomic E-state index is 0.156. The zero-order valence-electron chi connectivity index (χ0n) is 13.2. The van der Waals surface area contributed by atoms with Crippen molar-refractivity contribution in [1.29, 1.82) is 0 Å². The van der Waals surface area contributed by atoms with E-state index in [4.69, 9.17) is 4.42 Å². The van der Waals surface area contributed by atoms with Crippen LogP contribution in [0, 0.1) is 11.7 Å². The molecule has 0 radical (unpaired) electrons. The fraction of sp³-hybridized carbons (Fsp3) is 0.412. The van der Waals surface area contributed by atoms with Gasteiger partial charge in [0.05, 0.1) is 12.3 Å². The Morgan fingerprint density at radius 3 is 2.48 bits per heavy atom. The first-order valence-electron chi connectivity index (χ1n) is 7.62. The number of sulfonamides is 1. The van der Waals surface area contributed by atoms with Crippen molar-refractivity contribution in [3.8, 4) is 0 Å². The van der Waals surface area contributed by atoms with Gasteiger partial charge in [-0.3, -0.25) is 0 Å². The van der Waals surface area contributed by atoms with Crippen LogP contribution in [0.25, 0.3) is 0 Å². The number of nitrogens with zero attached hydrogens (tertiary/aromatic N) is 1. The van der Waals surface area contributed by atoms with E-state index in [9.17, 15) is 12.8 Å². The summed E-state index contributed by atoms with van der Waals surface area (Å²) in [6, 6.07) is 9.27. The molecule has 2 atom stereocenters. The van der Waals surface area contributed by atoms with Crippen LogP contribution in [0.3, 0.4) is 0 Å². The summed E-state index contributed by atoms with van der Waals surface area (Å²) < 4.78 is 44.7. The maximum absolute atomic E-state index is 12.9. The first kappa shape index (κ1) is 16.2. The fourth-order valence-electron chi connectivity index (χ4n) is 2.62. The predicted octanol–water partition coefficient (Wildman–Crippen LogP) is 3.50. The van der Waals surface area contributed by atoms with Crippen molar-refractivity contribution in [2.75, 3.05) is 7.05 Å². The zero-order valence-corrected chi connectivity index (χ0v) is 14.0. The van der Waals surface area contributed by atoms with Crippen LogP contribution in [0.5, 0.6) is 0 Å². The molecule has 2 aromatic rings. The Morgan fingerprint density at radius 2 is 1.87 bits per heavy atom. The molecule has 124 valence electrons. The maximum atomic E-state index is 12.9. The van der Waals surface area contributed by atoms with Crippen LogP contribution in [-0.4, -0.2) is 19.8 Å². The van der Waals surface area contributed by atoms with E-state index in [1.807, 2.05) is 12.1 Å². The van der Waals surface area contributed by atoms with Gasteiger partial charge in [0.2, 0.25) is 10.0 Å². The monoisotopic (exact) mass is 337 g/mol. The molecule has 0 saturated heterocycles. The van der Waals surface area contributed by atoms with E-state index in [1.165, 1.54) is 35.6 Å². The smallest absolute Gasteiger partial charge is 0.218 e. The van der Waals surface area contributed by atoms with Crippen molar-refractivity contribution in [3.63, 3.8) is 0 Å². The summed E-state index contributed by atoms with van der Waals surface area (Å²) in [5, 5.41) is 0. The summed E-state index contributed by atoms with van der Waals surface area (Å²) in [5.74, 6) is 2.17. The van der Waals surface area contributed by atoms with Crippen molar-refractivity contribution >= 4 is 10.0 Å². The van der Waals surface area contributed by atoms with E-state index in [2.05, 4.69) is 6.92 Å². The van der Waals surface area contributed by atoms with Gasteiger partial charge < -0.3 is 4.42 Å². The van der Waals surface area contributed by atoms with Gasteiger partial charge in [0.25, 0.3) is 0 Å². The Hall–Kier alpha value is -1.66. The number of hydrogen-bond acceptors (Lipinski definition) is 3. The highest BCUT2D eigenvalue weighted by molar-refractivity contribution is 7.88. The van der Waals surface area contributed by atoms with Gasteiger partial charge in [-0.1, -0.05) is 19.1 Å². The van der Waals surface area contributed by atoms with Crippen LogP contribution in [0.15, 0.2) is 40.8 Å². The van der Waals surface area contributed by atoms with Crippen molar-refractivity contribution in [2.45, 2.75) is 31.6 Å². The molecule has 1 heterocycles. The normalized spacial score (nSPS) is 20.9. The Kier molecular flexibility index (Phi) is 4.29. The standard InChI is InChI=1S/C17H20FNO3S/c1-12-9-16(12)17-8-7-15(22-17)10-19(2)23(20,21)11-13-3-5-14(18)6-4-13/h3-8,12,16H,9-11H2,1-2H3/t12-,16+/m0/s1. The molecule has 1 fully saturated rings. The molecule has 6 heteroatoms. The molecule has 0 N–H and O–H groups in total. The highest BCUT2D eigenvalue weighted by Gasteiger charge is 2.36. The van der Waals surface area contributed by atoms with Gasteiger partial charge in [0, 0.05) is 13.0 Å². The summed E-state index contributed by atoms with van der Waals surface area (Å²) in [5.41, 5.74) is 0.560. The van der Waals surface area contributed by atoms with Crippen LogP contribution >= 0.6 is 0 Å². The van der Waals surface area contributed by atoms with Crippen molar-refractivity contribution in [2.24, 2.45) is 5.92 Å². The van der Waals surface area contributed by atoms with Crippen LogP contribution < -0.4 is 0 Å². The molecule has 0 amide bonds. The van der Waals surface area contributed by atoms with E-state index in [-0.39, 0.29) is 18.1 Å². The van der Waals surface area contributed by atoms with E-state index < -0.39 is 10.0 Å². The largest absolute Gasteiger partial charge is 0.464 e. The number of hydrogen-bond donors (Lipinski definition) is 0. The Morgan fingerprint density at radius 1 is 1.22 bits per heavy atom. The van der Waals surface area contributed by atoms with E-state index in [0.29, 0.717) is 23.2 Å². The summed E-state index contributed by atoms with van der Waals surface area (Å²) in [4.78, 5) is 0. The van der Waals surface area contributed by atoms with Gasteiger partial charge in [0.1, 0.15) is 17.3 Å². The van der Waals surface area contributed by atoms with E-state index >= 15 is 0 Å². The van der Waals surface area contributed by atoms with Crippen LogP contribution in [0.1, 0.15) is 36.3 Å². The minimum Gasteiger partial charge on any atom is -0.464 e. The third-order valence-corrected chi connectivity index (χ3v) is 6.05. The predicted molar refractivity (Wildman–Crippen MR) is 85.7 cm³/mol. The summed E-state index contributed by atoms with van der Waals surface area (Å²) in [6.45, 7) is 2.37. The van der Waals surface area contributed by atoms with Gasteiger partial charge in [-0.15, -0.1) is 0 Å². The molecular weight excluding hydrogens is 317 g/mol. The first-order chi connectivity index (χ1) is 10.8. The van der Waals surface area contributed by atoms with Gasteiger partial charge in [-0.25, -0.2) is 12.8 Å². The lowest BCUT2D eigenvalue weighted by atomic mass is 10.2. The van der Waals surface area contributed by atoms with Gasteiger partial charge in [-0.05, 0) is 42.2 Å². The lowest BCUT2D eigenvalue weighted by molar-refractivity contribution is 0.389. The molecule has 1 saturated carbocycles. The highest BCUT2D eigenvalue weighted by Crippen LogP contribution is 2.47. The number of furan rings is 1. The molecule has 1 aliphatic rings. The summed E-state index contributed by atoms with van der Waals surface area (Å²) >= 11 is 0. The lowest BCUT2D eigenvalue weighted by Gasteiger charge is -2.16. The second-order valence-electron chi connectivity index (χ2n) is 6.26. The molecule has 1 aliphatic carbocycles. The Bertz CT molecular complexity index is 782. The van der Waals surface area contributed by atoms with E-state index in [0.717, 1.165) is 12.2 Å². The molecule has 1 aromatic carbocycles. The van der Waals surface area contributed by atoms with Crippen molar-refractivity contribution < 1.29 is 17.2 Å². The Labute approximate surface area is 136 Å². The summed E-state index contributed by atoms with van der Waals surface area (Å²) in [7, 11) is -1.95. The molecule has 0 bridgehead atoms. The average Bonchev–Trinajstić information content (AvgIpc) is 3.04. The SMILES string of the molecule is C[C@H]1C[C@H]1c1ccc(CN(C)S(=O)(=O)Cc2ccc(F)cc2)o1. The molecule has 4 nitrogen and oxygen atoms in total. The van der Waals surface area contributed by atoms with Gasteiger partial charge in [0.15, 0.2) is 0 Å². The first-order valence-corrected chi connectivity index (χ1v) is 9.23. The number of halogens is 1. The molecule has 0 unspecified atom stereocenters. The molecule has 0 spiro atoms. The third-order valence-electron chi connectivity index (χ3n) is 4.27. The minimum atomic E-state index is -3.48. The van der Waals surface area contributed by atoms with Gasteiger partial charge >= 0.3 is 0 Å². The number of benzene rings is 1. The second-order valence-corrected chi connectivity index (χ2v) is 8.34. The van der Waals surface area contributed by atoms with Crippen LogP contribution in [-0.2, 0) is 22.3 Å². The van der Waals surface area contributed by atoms with Gasteiger partial charge in [-0.2, -0.15) is 4.31 Å². The molecule has 1 aromatic heterocycles. The molecule has 23 heavy (non-hydrogen) atoms. The second kappa shape index (κ2) is 6.09. The van der Waals surface area contributed by atoms with Crippen LogP contribution in [0.4, 0.5) is 4.39 Å². The van der Waals surface area contributed by atoms with E-state index in [1.54, 1.807) is 0 Å².